The Balaban J connectivity index is 2.26. The fraction of sp³-hybridized carbons (Fsp3) is 0.471. The number of carbonyl (C=O) groups is 3. The van der Waals surface area contributed by atoms with Crippen molar-refractivity contribution in [2.24, 2.45) is 5.41 Å². The Morgan fingerprint density at radius 2 is 1.73 bits per heavy atom. The molecule has 9 heteroatoms. The van der Waals surface area contributed by atoms with Gasteiger partial charge >= 0.3 is 12.2 Å². The second kappa shape index (κ2) is 6.62. The number of nitrogens with one attached hydrogen (secondary N) is 2. The summed E-state index contributed by atoms with van der Waals surface area (Å²) in [6, 6.07) is 7.52. The highest BCUT2D eigenvalue weighted by molar-refractivity contribution is 6.09. The SMILES string of the molecule is CC(C)(C)C(=O)N[C@]1(C(F)(F)F)NC(=O)N(CCc2ccccc2)C1=O. The van der Waals surface area contributed by atoms with E-state index in [1.165, 1.54) is 20.8 Å². The van der Waals surface area contributed by atoms with Gasteiger partial charge < -0.3 is 5.32 Å². The van der Waals surface area contributed by atoms with E-state index in [9.17, 15) is 27.6 Å². The Labute approximate surface area is 148 Å². The van der Waals surface area contributed by atoms with Gasteiger partial charge in [0.05, 0.1) is 0 Å². The molecular weight excluding hydrogens is 351 g/mol. The molecule has 1 aromatic rings. The molecule has 0 bridgehead atoms. The standard InChI is InChI=1S/C17H20F3N3O3/c1-15(2,3)12(24)21-16(17(18,19)20)13(25)23(14(26)22-16)10-9-11-7-5-4-6-8-11/h4-8H,9-10H2,1-3H3,(H,21,24)(H,22,26)/t16-/m0/s1. The minimum Gasteiger partial charge on any atom is -0.317 e. The number of halogens is 3. The van der Waals surface area contributed by atoms with Crippen LogP contribution in [0.15, 0.2) is 30.3 Å². The van der Waals surface area contributed by atoms with Gasteiger partial charge in [-0.1, -0.05) is 51.1 Å². The smallest absolute Gasteiger partial charge is 0.317 e. The number of alkyl halides is 3. The van der Waals surface area contributed by atoms with Crippen LogP contribution in [0, 0.1) is 5.41 Å². The van der Waals surface area contributed by atoms with Crippen molar-refractivity contribution in [2.75, 3.05) is 6.54 Å². The first-order chi connectivity index (χ1) is 11.9. The van der Waals surface area contributed by atoms with E-state index in [1.54, 1.807) is 41.0 Å². The quantitative estimate of drug-likeness (QED) is 0.797. The molecule has 26 heavy (non-hydrogen) atoms. The van der Waals surface area contributed by atoms with Gasteiger partial charge in [-0.3, -0.25) is 19.8 Å². The van der Waals surface area contributed by atoms with E-state index in [1.807, 2.05) is 0 Å². The number of carbonyl (C=O) groups excluding carboxylic acids is 3. The summed E-state index contributed by atoms with van der Waals surface area (Å²) >= 11 is 0. The lowest BCUT2D eigenvalue weighted by Crippen LogP contribution is -2.70. The van der Waals surface area contributed by atoms with Crippen LogP contribution in [0.3, 0.4) is 0 Å². The number of benzene rings is 1. The lowest BCUT2D eigenvalue weighted by molar-refractivity contribution is -0.205. The zero-order chi connectivity index (χ0) is 19.8. The van der Waals surface area contributed by atoms with Crippen LogP contribution < -0.4 is 10.6 Å². The predicted molar refractivity (Wildman–Crippen MR) is 86.8 cm³/mol. The molecule has 1 fully saturated rings. The van der Waals surface area contributed by atoms with Gasteiger partial charge in [-0.05, 0) is 12.0 Å². The van der Waals surface area contributed by atoms with Crippen LogP contribution in [-0.2, 0) is 16.0 Å². The molecule has 1 aliphatic rings. The first-order valence-corrected chi connectivity index (χ1v) is 7.96. The van der Waals surface area contributed by atoms with Crippen molar-refractivity contribution in [1.82, 2.24) is 15.5 Å². The van der Waals surface area contributed by atoms with Crippen molar-refractivity contribution in [1.29, 1.82) is 0 Å². The summed E-state index contributed by atoms with van der Waals surface area (Å²) in [4.78, 5) is 37.1. The van der Waals surface area contributed by atoms with E-state index < -0.39 is 35.1 Å². The molecule has 142 valence electrons. The van der Waals surface area contributed by atoms with Crippen molar-refractivity contribution in [3.8, 4) is 0 Å². The molecule has 0 spiro atoms. The molecule has 1 saturated heterocycles. The van der Waals surface area contributed by atoms with Crippen molar-refractivity contribution in [3.63, 3.8) is 0 Å². The van der Waals surface area contributed by atoms with Gasteiger partial charge in [0.15, 0.2) is 0 Å². The van der Waals surface area contributed by atoms with Gasteiger partial charge in [-0.25, -0.2) is 4.79 Å². The lowest BCUT2D eigenvalue weighted by atomic mass is 9.94. The molecule has 1 aromatic carbocycles. The number of hydrogen-bond donors (Lipinski definition) is 2. The predicted octanol–water partition coefficient (Wildman–Crippen LogP) is 2.20. The maximum absolute atomic E-state index is 13.6. The van der Waals surface area contributed by atoms with Gasteiger partial charge in [0.1, 0.15) is 0 Å². The Hall–Kier alpha value is -2.58. The largest absolute Gasteiger partial charge is 0.440 e. The van der Waals surface area contributed by atoms with E-state index in [-0.39, 0.29) is 13.0 Å². The zero-order valence-corrected chi connectivity index (χ0v) is 14.6. The van der Waals surface area contributed by atoms with Gasteiger partial charge in [0.25, 0.3) is 11.6 Å². The summed E-state index contributed by atoms with van der Waals surface area (Å²) in [6.45, 7) is 3.97. The fourth-order valence-electron chi connectivity index (χ4n) is 2.37. The number of nitrogens with zero attached hydrogens (tertiary/aromatic N) is 1. The fourth-order valence-corrected chi connectivity index (χ4v) is 2.37. The maximum atomic E-state index is 13.6. The van der Waals surface area contributed by atoms with Crippen LogP contribution in [0.5, 0.6) is 0 Å². The second-order valence-corrected chi connectivity index (χ2v) is 7.07. The van der Waals surface area contributed by atoms with E-state index in [0.717, 1.165) is 5.56 Å². The monoisotopic (exact) mass is 371 g/mol. The highest BCUT2D eigenvalue weighted by Gasteiger charge is 2.69. The van der Waals surface area contributed by atoms with Crippen molar-refractivity contribution >= 4 is 17.8 Å². The van der Waals surface area contributed by atoms with Crippen molar-refractivity contribution < 1.29 is 27.6 Å². The third-order valence-corrected chi connectivity index (χ3v) is 3.98. The van der Waals surface area contributed by atoms with Gasteiger partial charge in [-0.2, -0.15) is 13.2 Å². The van der Waals surface area contributed by atoms with Crippen LogP contribution in [0.25, 0.3) is 0 Å². The van der Waals surface area contributed by atoms with Crippen LogP contribution in [0.4, 0.5) is 18.0 Å². The van der Waals surface area contributed by atoms with Gasteiger partial charge in [-0.15, -0.1) is 0 Å². The minimum atomic E-state index is -5.19. The summed E-state index contributed by atoms with van der Waals surface area (Å²) < 4.78 is 40.9. The molecule has 0 aliphatic carbocycles. The molecule has 0 radical (unpaired) electrons. The van der Waals surface area contributed by atoms with Crippen LogP contribution in [0.2, 0.25) is 0 Å². The molecule has 1 heterocycles. The maximum Gasteiger partial charge on any atom is 0.440 e. The summed E-state index contributed by atoms with van der Waals surface area (Å²) in [6.07, 6.45) is -5.00. The molecule has 4 amide bonds. The Morgan fingerprint density at radius 1 is 1.15 bits per heavy atom. The highest BCUT2D eigenvalue weighted by atomic mass is 19.4. The van der Waals surface area contributed by atoms with E-state index in [0.29, 0.717) is 4.90 Å². The zero-order valence-electron chi connectivity index (χ0n) is 14.6. The normalized spacial score (nSPS) is 20.9. The average molecular weight is 371 g/mol. The summed E-state index contributed by atoms with van der Waals surface area (Å²) in [5.41, 5.74) is -3.87. The molecule has 0 aromatic heterocycles. The Morgan fingerprint density at radius 3 is 2.23 bits per heavy atom. The highest BCUT2D eigenvalue weighted by Crippen LogP contribution is 2.34. The van der Waals surface area contributed by atoms with Gasteiger partial charge in [0.2, 0.25) is 5.91 Å². The molecule has 1 aliphatic heterocycles. The average Bonchev–Trinajstić information content (AvgIpc) is 2.76. The Bertz CT molecular complexity index is 713. The third kappa shape index (κ3) is 3.66. The summed E-state index contributed by atoms with van der Waals surface area (Å²) in [5, 5.41) is 3.32. The number of imide groups is 1. The summed E-state index contributed by atoms with van der Waals surface area (Å²) in [7, 11) is 0. The number of amides is 4. The van der Waals surface area contributed by atoms with Gasteiger partial charge in [0, 0.05) is 12.0 Å². The first-order valence-electron chi connectivity index (χ1n) is 7.96. The molecule has 0 saturated carbocycles. The van der Waals surface area contributed by atoms with Crippen molar-refractivity contribution in [3.05, 3.63) is 35.9 Å². The second-order valence-electron chi connectivity index (χ2n) is 7.07. The van der Waals surface area contributed by atoms with Crippen LogP contribution in [0.1, 0.15) is 26.3 Å². The number of rotatable bonds is 4. The van der Waals surface area contributed by atoms with E-state index >= 15 is 0 Å². The minimum absolute atomic E-state index is 0.196. The van der Waals surface area contributed by atoms with E-state index in [2.05, 4.69) is 0 Å². The Kier molecular flexibility index (Phi) is 5.03. The first kappa shape index (κ1) is 19.7. The van der Waals surface area contributed by atoms with E-state index in [4.69, 9.17) is 0 Å². The van der Waals surface area contributed by atoms with Crippen LogP contribution >= 0.6 is 0 Å². The number of hydrogen-bond acceptors (Lipinski definition) is 3. The number of urea groups is 1. The molecule has 0 unspecified atom stereocenters. The third-order valence-electron chi connectivity index (χ3n) is 3.98. The molecule has 2 rings (SSSR count). The van der Waals surface area contributed by atoms with Crippen LogP contribution in [-0.4, -0.2) is 41.1 Å². The molecule has 2 N–H and O–H groups in total. The lowest BCUT2D eigenvalue weighted by Gasteiger charge is -2.32. The molecule has 6 nitrogen and oxygen atoms in total. The molecular formula is C17H20F3N3O3. The summed E-state index contributed by atoms with van der Waals surface area (Å²) in [5.74, 6) is -2.54. The topological polar surface area (TPSA) is 78.5 Å². The van der Waals surface area contributed by atoms with Crippen molar-refractivity contribution in [2.45, 2.75) is 39.0 Å². The molecule has 1 atom stereocenters.